The molecule has 0 aliphatic rings. The first kappa shape index (κ1) is 20.3. The van der Waals surface area contributed by atoms with Crippen LogP contribution < -0.4 is 20.9 Å². The van der Waals surface area contributed by atoms with Crippen molar-refractivity contribution in [2.45, 2.75) is 19.6 Å². The average Bonchev–Trinajstić information content (AvgIpc) is 2.77. The Morgan fingerprint density at radius 2 is 1.69 bits per heavy atom. The Morgan fingerprint density at radius 3 is 2.38 bits per heavy atom. The quantitative estimate of drug-likeness (QED) is 0.608. The summed E-state index contributed by atoms with van der Waals surface area (Å²) in [5.74, 6) is 0.764. The van der Waals surface area contributed by atoms with Crippen molar-refractivity contribution in [2.75, 3.05) is 20.8 Å². The van der Waals surface area contributed by atoms with Crippen molar-refractivity contribution in [3.63, 3.8) is 0 Å². The Hall–Kier alpha value is -3.39. The molecule has 3 aromatic rings. The summed E-state index contributed by atoms with van der Waals surface area (Å²) in [7, 11) is 3.18. The zero-order valence-corrected chi connectivity index (χ0v) is 16.5. The molecule has 1 aromatic heterocycles. The van der Waals surface area contributed by atoms with Crippen molar-refractivity contribution in [1.29, 1.82) is 0 Å². The third kappa shape index (κ3) is 5.11. The number of urea groups is 1. The Labute approximate surface area is 168 Å². The number of nitrogens with zero attached hydrogens (tertiary/aromatic N) is 2. The number of benzene rings is 2. The van der Waals surface area contributed by atoms with E-state index in [4.69, 9.17) is 9.47 Å². The molecule has 2 N–H and O–H groups in total. The maximum atomic E-state index is 12.6. The van der Waals surface area contributed by atoms with Gasteiger partial charge in [-0.15, -0.1) is 0 Å². The fourth-order valence-corrected chi connectivity index (χ4v) is 2.92. The molecule has 0 fully saturated rings. The first-order valence-electron chi connectivity index (χ1n) is 9.24. The fraction of sp³-hybridized carbons (Fsp3) is 0.286. The summed E-state index contributed by atoms with van der Waals surface area (Å²) >= 11 is 0. The highest BCUT2D eigenvalue weighted by Crippen LogP contribution is 2.13. The Morgan fingerprint density at radius 1 is 1.00 bits per heavy atom. The third-order valence-electron chi connectivity index (χ3n) is 4.48. The molecular formula is C21H24N4O4. The van der Waals surface area contributed by atoms with Gasteiger partial charge in [0.15, 0.2) is 0 Å². The number of carbonyl (C=O) groups is 1. The van der Waals surface area contributed by atoms with Gasteiger partial charge < -0.3 is 20.1 Å². The van der Waals surface area contributed by atoms with Crippen LogP contribution >= 0.6 is 0 Å². The van der Waals surface area contributed by atoms with Gasteiger partial charge in [0.2, 0.25) is 0 Å². The van der Waals surface area contributed by atoms with Crippen LogP contribution in [0.4, 0.5) is 4.79 Å². The standard InChI is InChI=1S/C21H24N4O4/c1-28-12-11-25-20(26)18-6-4-3-5-17(18)19(24-25)14-23-21(27)22-13-15-7-9-16(29-2)10-8-15/h3-10H,11-14H2,1-2H3,(H2,22,23,27). The lowest BCUT2D eigenvalue weighted by molar-refractivity contribution is 0.181. The minimum atomic E-state index is -0.318. The number of hydrogen-bond donors (Lipinski definition) is 2. The molecule has 8 nitrogen and oxygen atoms in total. The molecule has 3 rings (SSSR count). The zero-order valence-electron chi connectivity index (χ0n) is 16.5. The van der Waals surface area contributed by atoms with Crippen LogP contribution in [0, 0.1) is 0 Å². The minimum Gasteiger partial charge on any atom is -0.497 e. The van der Waals surface area contributed by atoms with Gasteiger partial charge in [-0.2, -0.15) is 5.10 Å². The number of nitrogens with one attached hydrogen (secondary N) is 2. The molecule has 0 spiro atoms. The predicted molar refractivity (Wildman–Crippen MR) is 110 cm³/mol. The summed E-state index contributed by atoms with van der Waals surface area (Å²) < 4.78 is 11.5. The van der Waals surface area contributed by atoms with E-state index in [0.29, 0.717) is 30.8 Å². The summed E-state index contributed by atoms with van der Waals surface area (Å²) in [6, 6.07) is 14.4. The van der Waals surface area contributed by atoms with Crippen LogP contribution in [0.5, 0.6) is 5.75 Å². The third-order valence-corrected chi connectivity index (χ3v) is 4.48. The van der Waals surface area contributed by atoms with Gasteiger partial charge >= 0.3 is 6.03 Å². The van der Waals surface area contributed by atoms with Crippen LogP contribution in [0.1, 0.15) is 11.3 Å². The maximum Gasteiger partial charge on any atom is 0.315 e. The van der Waals surface area contributed by atoms with Crippen LogP contribution in [-0.4, -0.2) is 36.6 Å². The second kappa shape index (κ2) is 9.70. The van der Waals surface area contributed by atoms with E-state index < -0.39 is 0 Å². The largest absolute Gasteiger partial charge is 0.497 e. The van der Waals surface area contributed by atoms with E-state index in [2.05, 4.69) is 15.7 Å². The molecule has 0 aliphatic carbocycles. The number of hydrogen-bond acceptors (Lipinski definition) is 5. The summed E-state index contributed by atoms with van der Waals surface area (Å²) in [5.41, 5.74) is 1.40. The molecule has 0 bridgehead atoms. The van der Waals surface area contributed by atoms with Gasteiger partial charge in [0.25, 0.3) is 5.56 Å². The highest BCUT2D eigenvalue weighted by atomic mass is 16.5. The molecule has 0 radical (unpaired) electrons. The van der Waals surface area contributed by atoms with Gasteiger partial charge in [0.1, 0.15) is 5.75 Å². The number of carbonyl (C=O) groups excluding carboxylic acids is 1. The first-order valence-corrected chi connectivity index (χ1v) is 9.24. The molecule has 2 aromatic carbocycles. The van der Waals surface area contributed by atoms with Gasteiger partial charge in [0, 0.05) is 19.0 Å². The second-order valence-corrected chi connectivity index (χ2v) is 6.40. The van der Waals surface area contributed by atoms with Gasteiger partial charge in [-0.05, 0) is 23.8 Å². The van der Waals surface area contributed by atoms with Crippen LogP contribution in [0.15, 0.2) is 53.3 Å². The normalized spacial score (nSPS) is 10.7. The Bertz CT molecular complexity index is 1030. The molecule has 29 heavy (non-hydrogen) atoms. The van der Waals surface area contributed by atoms with Crippen molar-refractivity contribution in [3.8, 4) is 5.75 Å². The first-order chi connectivity index (χ1) is 14.1. The Kier molecular flexibility index (Phi) is 6.80. The van der Waals surface area contributed by atoms with Crippen LogP contribution in [0.3, 0.4) is 0 Å². The lowest BCUT2D eigenvalue weighted by Crippen LogP contribution is -2.35. The highest BCUT2D eigenvalue weighted by Gasteiger charge is 2.11. The van der Waals surface area contributed by atoms with E-state index in [1.165, 1.54) is 4.68 Å². The van der Waals surface area contributed by atoms with E-state index in [1.807, 2.05) is 42.5 Å². The molecule has 8 heteroatoms. The van der Waals surface area contributed by atoms with Crippen molar-refractivity contribution in [3.05, 3.63) is 70.1 Å². The molecule has 0 aliphatic heterocycles. The lowest BCUT2D eigenvalue weighted by atomic mass is 10.1. The van der Waals surface area contributed by atoms with Gasteiger partial charge in [0.05, 0.1) is 37.9 Å². The van der Waals surface area contributed by atoms with Gasteiger partial charge in [-0.1, -0.05) is 30.3 Å². The summed E-state index contributed by atoms with van der Waals surface area (Å²) in [5, 5.41) is 11.3. The van der Waals surface area contributed by atoms with Crippen molar-refractivity contribution in [2.24, 2.45) is 0 Å². The number of amides is 2. The lowest BCUT2D eigenvalue weighted by Gasteiger charge is -2.12. The number of fused-ring (bicyclic) bond motifs is 1. The minimum absolute atomic E-state index is 0.176. The van der Waals surface area contributed by atoms with E-state index in [0.717, 1.165) is 16.7 Å². The molecule has 0 unspecified atom stereocenters. The van der Waals surface area contributed by atoms with Gasteiger partial charge in [-0.25, -0.2) is 9.48 Å². The number of ether oxygens (including phenoxy) is 2. The van der Waals surface area contributed by atoms with Crippen molar-refractivity contribution >= 4 is 16.8 Å². The van der Waals surface area contributed by atoms with Crippen LogP contribution in [0.25, 0.3) is 10.8 Å². The molecule has 2 amide bonds. The van der Waals surface area contributed by atoms with Crippen LogP contribution in [-0.2, 0) is 24.4 Å². The maximum absolute atomic E-state index is 12.6. The monoisotopic (exact) mass is 396 g/mol. The number of methoxy groups -OCH3 is 2. The smallest absolute Gasteiger partial charge is 0.315 e. The molecular weight excluding hydrogens is 372 g/mol. The predicted octanol–water partition coefficient (Wildman–Crippen LogP) is 2.05. The second-order valence-electron chi connectivity index (χ2n) is 6.40. The summed E-state index contributed by atoms with van der Waals surface area (Å²) in [6.07, 6.45) is 0. The van der Waals surface area contributed by atoms with Gasteiger partial charge in [-0.3, -0.25) is 4.79 Å². The molecule has 0 atom stereocenters. The van der Waals surface area contributed by atoms with Crippen LogP contribution in [0.2, 0.25) is 0 Å². The van der Waals surface area contributed by atoms with E-state index in [-0.39, 0.29) is 18.1 Å². The topological polar surface area (TPSA) is 94.5 Å². The average molecular weight is 396 g/mol. The van der Waals surface area contributed by atoms with Crippen molar-refractivity contribution < 1.29 is 14.3 Å². The van der Waals surface area contributed by atoms with E-state index >= 15 is 0 Å². The molecule has 152 valence electrons. The number of aromatic nitrogens is 2. The SMILES string of the molecule is COCCn1nc(CNC(=O)NCc2ccc(OC)cc2)c2ccccc2c1=O. The highest BCUT2D eigenvalue weighted by molar-refractivity contribution is 5.84. The molecule has 0 saturated heterocycles. The Balaban J connectivity index is 1.68. The molecule has 1 heterocycles. The van der Waals surface area contributed by atoms with E-state index in [9.17, 15) is 9.59 Å². The zero-order chi connectivity index (χ0) is 20.6. The number of rotatable bonds is 8. The fourth-order valence-electron chi connectivity index (χ4n) is 2.92. The van der Waals surface area contributed by atoms with E-state index in [1.54, 1.807) is 20.3 Å². The summed E-state index contributed by atoms with van der Waals surface area (Å²) in [6.45, 7) is 1.30. The van der Waals surface area contributed by atoms with Crippen molar-refractivity contribution in [1.82, 2.24) is 20.4 Å². The summed E-state index contributed by atoms with van der Waals surface area (Å²) in [4.78, 5) is 24.8. The molecule has 0 saturated carbocycles.